The van der Waals surface area contributed by atoms with Crippen molar-refractivity contribution in [1.29, 1.82) is 0 Å². The van der Waals surface area contributed by atoms with E-state index in [1.807, 2.05) is 6.07 Å². The number of sulfonamides is 1. The quantitative estimate of drug-likeness (QED) is 0.316. The summed E-state index contributed by atoms with van der Waals surface area (Å²) in [5.74, 6) is -3.32. The van der Waals surface area contributed by atoms with E-state index in [4.69, 9.17) is 9.47 Å². The maximum atomic E-state index is 13.1. The van der Waals surface area contributed by atoms with Gasteiger partial charge < -0.3 is 24.0 Å². The average molecular weight is 630 g/mol. The average Bonchev–Trinajstić information content (AvgIpc) is 3.29. The Hall–Kier alpha value is -3.47. The van der Waals surface area contributed by atoms with Gasteiger partial charge in [-0.2, -0.15) is 17.9 Å². The third-order valence-corrected chi connectivity index (χ3v) is 10.1. The molecule has 0 spiro atoms. The van der Waals surface area contributed by atoms with Gasteiger partial charge in [-0.25, -0.2) is 13.2 Å². The summed E-state index contributed by atoms with van der Waals surface area (Å²) < 4.78 is 81.7. The van der Waals surface area contributed by atoms with Gasteiger partial charge >= 0.3 is 18.2 Å². The number of alkyl halides is 3. The SMILES string of the molecule is O=C(OCCCc1cccc(C2C[C@@]2(NS(=O)(=O)c2ccc(-c3cc(C(F)(F)F)on3)s2)C(=O)O)c1)N1CCOCC1. The van der Waals surface area contributed by atoms with Crippen LogP contribution in [-0.4, -0.2) is 74.1 Å². The summed E-state index contributed by atoms with van der Waals surface area (Å²) in [6, 6.07) is 10.2. The highest BCUT2D eigenvalue weighted by atomic mass is 32.2. The monoisotopic (exact) mass is 629 g/mol. The zero-order valence-electron chi connectivity index (χ0n) is 21.9. The van der Waals surface area contributed by atoms with Crippen molar-refractivity contribution in [3.63, 3.8) is 0 Å². The highest BCUT2D eigenvalue weighted by Crippen LogP contribution is 2.53. The van der Waals surface area contributed by atoms with Gasteiger partial charge in [0.05, 0.1) is 24.7 Å². The molecule has 2 fully saturated rings. The number of hydrogen-bond donors (Lipinski definition) is 2. The molecule has 3 heterocycles. The summed E-state index contributed by atoms with van der Waals surface area (Å²) >= 11 is 0.640. The van der Waals surface area contributed by atoms with Crippen LogP contribution in [0.1, 0.15) is 35.6 Å². The van der Waals surface area contributed by atoms with Crippen LogP contribution >= 0.6 is 11.3 Å². The molecule has 0 radical (unpaired) electrons. The first-order valence-corrected chi connectivity index (χ1v) is 15.2. The van der Waals surface area contributed by atoms with Crippen LogP contribution in [0.25, 0.3) is 10.6 Å². The summed E-state index contributed by atoms with van der Waals surface area (Å²) in [5, 5.41) is 13.4. The lowest BCUT2D eigenvalue weighted by Gasteiger charge is -2.25. The van der Waals surface area contributed by atoms with E-state index in [1.54, 1.807) is 23.1 Å². The minimum atomic E-state index is -4.75. The van der Waals surface area contributed by atoms with Crippen LogP contribution in [0.2, 0.25) is 0 Å². The Balaban J connectivity index is 1.22. The number of ether oxygens (including phenoxy) is 2. The normalized spacial score (nSPS) is 20.8. The molecule has 1 saturated carbocycles. The number of aromatic nitrogens is 1. The molecule has 2 atom stereocenters. The summed E-state index contributed by atoms with van der Waals surface area (Å²) in [7, 11) is -4.35. The number of benzene rings is 1. The van der Waals surface area contributed by atoms with E-state index in [0.717, 1.165) is 5.56 Å². The molecule has 1 amide bonds. The van der Waals surface area contributed by atoms with Gasteiger partial charge in [-0.1, -0.05) is 29.4 Å². The second kappa shape index (κ2) is 11.7. The fourth-order valence-corrected chi connectivity index (χ4v) is 7.38. The third kappa shape index (κ3) is 6.45. The Morgan fingerprint density at radius 3 is 2.64 bits per heavy atom. The number of aryl methyl sites for hydroxylation is 1. The Labute approximate surface area is 242 Å². The molecule has 226 valence electrons. The van der Waals surface area contributed by atoms with Crippen LogP contribution in [0.3, 0.4) is 0 Å². The van der Waals surface area contributed by atoms with Crippen LogP contribution in [0.5, 0.6) is 0 Å². The van der Waals surface area contributed by atoms with Crippen molar-refractivity contribution in [3.8, 4) is 10.6 Å². The summed E-state index contributed by atoms with van der Waals surface area (Å²) in [4.78, 5) is 26.1. The van der Waals surface area contributed by atoms with E-state index < -0.39 is 45.5 Å². The van der Waals surface area contributed by atoms with E-state index in [-0.39, 0.29) is 27.8 Å². The molecule has 0 bridgehead atoms. The number of aliphatic carboxylic acids is 1. The zero-order chi connectivity index (χ0) is 30.1. The number of carboxylic acids is 1. The summed E-state index contributed by atoms with van der Waals surface area (Å²) in [5.41, 5.74) is -0.472. The van der Waals surface area contributed by atoms with Gasteiger partial charge in [0.2, 0.25) is 5.76 Å². The number of carboxylic acid groups (broad SMARTS) is 1. The van der Waals surface area contributed by atoms with Crippen molar-refractivity contribution in [2.45, 2.75) is 41.1 Å². The van der Waals surface area contributed by atoms with Crippen molar-refractivity contribution < 1.29 is 50.3 Å². The molecule has 2 N–H and O–H groups in total. The Morgan fingerprint density at radius 2 is 1.95 bits per heavy atom. The summed E-state index contributed by atoms with van der Waals surface area (Å²) in [6.45, 7) is 2.11. The molecule has 1 aliphatic heterocycles. The standard InChI is InChI=1S/C26H26F3N3O8S2/c27-26(28,29)21-14-19(30-40-21)20-6-7-22(41-20)42(36,37)31-25(23(33)34)15-18(25)17-5-1-3-16(13-17)4-2-10-39-24(35)32-8-11-38-12-9-32/h1,3,5-7,13-14,18,31H,2,4,8-12,15H2,(H,33,34)/t18?,25-/m0/s1. The third-order valence-electron chi connectivity index (χ3n) is 7.01. The smallest absolute Gasteiger partial charge is 0.452 e. The first-order chi connectivity index (χ1) is 19.9. The lowest BCUT2D eigenvalue weighted by molar-refractivity contribution is -0.155. The first-order valence-electron chi connectivity index (χ1n) is 12.9. The van der Waals surface area contributed by atoms with Gasteiger partial charge in [0.25, 0.3) is 10.0 Å². The van der Waals surface area contributed by atoms with Crippen molar-refractivity contribution in [2.75, 3.05) is 32.9 Å². The largest absolute Gasteiger partial charge is 0.480 e. The second-order valence-electron chi connectivity index (χ2n) is 9.89. The Kier molecular flexibility index (Phi) is 8.33. The molecule has 1 aliphatic carbocycles. The Bertz CT molecular complexity index is 1570. The van der Waals surface area contributed by atoms with Crippen LogP contribution < -0.4 is 4.72 Å². The molecule has 16 heteroatoms. The molecule has 1 unspecified atom stereocenters. The fraction of sp³-hybridized carbons (Fsp3) is 0.423. The number of nitrogens with one attached hydrogen (secondary N) is 1. The highest BCUT2D eigenvalue weighted by molar-refractivity contribution is 7.91. The molecule has 3 aromatic rings. The second-order valence-corrected chi connectivity index (χ2v) is 12.9. The maximum Gasteiger partial charge on any atom is 0.452 e. The number of amides is 1. The molecule has 1 saturated heterocycles. The topological polar surface area (TPSA) is 148 Å². The molecule has 11 nitrogen and oxygen atoms in total. The van der Waals surface area contributed by atoms with Crippen molar-refractivity contribution in [2.24, 2.45) is 0 Å². The van der Waals surface area contributed by atoms with Gasteiger partial charge in [-0.3, -0.25) is 4.79 Å². The summed E-state index contributed by atoms with van der Waals surface area (Å²) in [6.07, 6.45) is -4.04. The van der Waals surface area contributed by atoms with Gasteiger partial charge in [0.1, 0.15) is 15.4 Å². The first kappa shape index (κ1) is 30.0. The number of nitrogens with zero attached hydrogens (tertiary/aromatic N) is 2. The van der Waals surface area contributed by atoms with E-state index in [1.165, 1.54) is 12.1 Å². The van der Waals surface area contributed by atoms with Crippen LogP contribution in [0.15, 0.2) is 51.2 Å². The molecular formula is C26H26F3N3O8S2. The van der Waals surface area contributed by atoms with E-state index in [2.05, 4.69) is 14.4 Å². The molecule has 42 heavy (non-hydrogen) atoms. The van der Waals surface area contributed by atoms with E-state index in [9.17, 15) is 36.3 Å². The fourth-order valence-electron chi connectivity index (χ4n) is 4.71. The highest BCUT2D eigenvalue weighted by Gasteiger charge is 2.63. The van der Waals surface area contributed by atoms with E-state index >= 15 is 0 Å². The molecule has 2 aliphatic rings. The number of morpholine rings is 1. The molecule has 2 aromatic heterocycles. The lowest BCUT2D eigenvalue weighted by atomic mass is 10.0. The minimum Gasteiger partial charge on any atom is -0.480 e. The molecule has 5 rings (SSSR count). The van der Waals surface area contributed by atoms with Gasteiger partial charge in [-0.15, -0.1) is 11.3 Å². The number of thiophene rings is 1. The van der Waals surface area contributed by atoms with Crippen LogP contribution in [0.4, 0.5) is 18.0 Å². The number of halogens is 3. The van der Waals surface area contributed by atoms with Gasteiger partial charge in [0, 0.05) is 25.1 Å². The van der Waals surface area contributed by atoms with Crippen molar-refractivity contribution in [3.05, 3.63) is 59.4 Å². The van der Waals surface area contributed by atoms with Gasteiger partial charge in [0.15, 0.2) is 0 Å². The van der Waals surface area contributed by atoms with Crippen molar-refractivity contribution in [1.82, 2.24) is 14.8 Å². The van der Waals surface area contributed by atoms with Gasteiger partial charge in [-0.05, 0) is 42.5 Å². The van der Waals surface area contributed by atoms with Crippen LogP contribution in [0, 0.1) is 0 Å². The lowest BCUT2D eigenvalue weighted by Crippen LogP contribution is -2.44. The molecule has 1 aromatic carbocycles. The molecular weight excluding hydrogens is 603 g/mol. The predicted molar refractivity (Wildman–Crippen MR) is 141 cm³/mol. The van der Waals surface area contributed by atoms with E-state index in [0.29, 0.717) is 62.1 Å². The number of carbonyl (C=O) groups is 2. The number of rotatable bonds is 10. The van der Waals surface area contributed by atoms with Crippen molar-refractivity contribution >= 4 is 33.4 Å². The van der Waals surface area contributed by atoms with Crippen LogP contribution in [-0.2, 0) is 36.9 Å². The Morgan fingerprint density at radius 1 is 1.19 bits per heavy atom. The zero-order valence-corrected chi connectivity index (χ0v) is 23.6. The maximum absolute atomic E-state index is 13.1. The number of carbonyl (C=O) groups excluding carboxylic acids is 1. The minimum absolute atomic E-state index is 0.0125. The number of hydrogen-bond acceptors (Lipinski definition) is 9. The predicted octanol–water partition coefficient (Wildman–Crippen LogP) is 4.11.